The number of aryl methyl sites for hydroxylation is 1. The summed E-state index contributed by atoms with van der Waals surface area (Å²) in [7, 11) is 0. The Labute approximate surface area is 127 Å². The van der Waals surface area contributed by atoms with Gasteiger partial charge in [-0.05, 0) is 12.5 Å². The van der Waals surface area contributed by atoms with Crippen LogP contribution in [0, 0.1) is 6.92 Å². The van der Waals surface area contributed by atoms with E-state index in [9.17, 15) is 4.79 Å². The zero-order valence-electron chi connectivity index (χ0n) is 12.9. The molecule has 7 heteroatoms. The topological polar surface area (TPSA) is 85.3 Å². The van der Waals surface area contributed by atoms with Crippen LogP contribution in [0.3, 0.4) is 0 Å². The molecule has 22 heavy (non-hydrogen) atoms. The maximum Gasteiger partial charge on any atom is 0.262 e. The maximum absolute atomic E-state index is 12.3. The lowest BCUT2D eigenvalue weighted by Gasteiger charge is -2.11. The standard InChI is InChI=1S/C15H17N5O2/c1-9-6-16-13-10(7-17-20(13)8-9)14(21)18-12-5-11(22-19-12)15(2,3)4/h5-8H,1-4H3,(H,18,19,21). The molecule has 0 saturated carbocycles. The summed E-state index contributed by atoms with van der Waals surface area (Å²) in [6, 6.07) is 1.72. The van der Waals surface area contributed by atoms with Crippen LogP contribution in [0.5, 0.6) is 0 Å². The zero-order chi connectivity index (χ0) is 15.9. The van der Waals surface area contributed by atoms with Crippen molar-refractivity contribution in [3.63, 3.8) is 0 Å². The quantitative estimate of drug-likeness (QED) is 0.786. The van der Waals surface area contributed by atoms with Gasteiger partial charge in [0.15, 0.2) is 11.5 Å². The van der Waals surface area contributed by atoms with E-state index in [1.54, 1.807) is 16.8 Å². The fourth-order valence-electron chi connectivity index (χ4n) is 2.00. The van der Waals surface area contributed by atoms with Crippen molar-refractivity contribution in [2.24, 2.45) is 0 Å². The van der Waals surface area contributed by atoms with Gasteiger partial charge in [-0.15, -0.1) is 0 Å². The third kappa shape index (κ3) is 2.57. The van der Waals surface area contributed by atoms with Gasteiger partial charge in [-0.1, -0.05) is 25.9 Å². The van der Waals surface area contributed by atoms with E-state index in [1.807, 2.05) is 33.9 Å². The molecule has 0 spiro atoms. The minimum atomic E-state index is -0.319. The maximum atomic E-state index is 12.3. The fourth-order valence-corrected chi connectivity index (χ4v) is 2.00. The Hall–Kier alpha value is -2.70. The summed E-state index contributed by atoms with van der Waals surface area (Å²) in [6.45, 7) is 7.95. The summed E-state index contributed by atoms with van der Waals surface area (Å²) >= 11 is 0. The van der Waals surface area contributed by atoms with Gasteiger partial charge in [0.1, 0.15) is 11.3 Å². The van der Waals surface area contributed by atoms with Crippen LogP contribution in [-0.2, 0) is 5.41 Å². The second kappa shape index (κ2) is 4.94. The second-order valence-electron chi connectivity index (χ2n) is 6.24. The van der Waals surface area contributed by atoms with Crippen LogP contribution >= 0.6 is 0 Å². The Bertz CT molecular complexity index is 841. The largest absolute Gasteiger partial charge is 0.359 e. The van der Waals surface area contributed by atoms with Gasteiger partial charge in [-0.3, -0.25) is 4.79 Å². The van der Waals surface area contributed by atoms with E-state index in [2.05, 4.69) is 20.6 Å². The highest BCUT2D eigenvalue weighted by Crippen LogP contribution is 2.24. The molecule has 0 radical (unpaired) electrons. The molecule has 1 amide bonds. The lowest BCUT2D eigenvalue weighted by molar-refractivity contribution is 0.102. The molecule has 0 saturated heterocycles. The molecular weight excluding hydrogens is 282 g/mol. The molecule has 3 aromatic heterocycles. The van der Waals surface area contributed by atoms with Crippen LogP contribution in [0.2, 0.25) is 0 Å². The number of nitrogens with one attached hydrogen (secondary N) is 1. The van der Waals surface area contributed by atoms with Crippen molar-refractivity contribution in [2.45, 2.75) is 33.1 Å². The summed E-state index contributed by atoms with van der Waals surface area (Å²) < 4.78 is 6.83. The number of carbonyl (C=O) groups is 1. The van der Waals surface area contributed by atoms with Crippen molar-refractivity contribution in [3.8, 4) is 0 Å². The molecule has 0 bridgehead atoms. The third-order valence-electron chi connectivity index (χ3n) is 3.22. The third-order valence-corrected chi connectivity index (χ3v) is 3.22. The number of aromatic nitrogens is 4. The van der Waals surface area contributed by atoms with E-state index >= 15 is 0 Å². The van der Waals surface area contributed by atoms with E-state index < -0.39 is 0 Å². The molecule has 0 fully saturated rings. The molecule has 3 aromatic rings. The first-order chi connectivity index (χ1) is 10.3. The molecule has 3 rings (SSSR count). The number of rotatable bonds is 2. The summed E-state index contributed by atoms with van der Waals surface area (Å²) in [4.78, 5) is 16.6. The van der Waals surface area contributed by atoms with Gasteiger partial charge < -0.3 is 9.84 Å². The van der Waals surface area contributed by atoms with Crippen molar-refractivity contribution in [3.05, 3.63) is 41.5 Å². The Morgan fingerprint density at radius 1 is 1.32 bits per heavy atom. The molecule has 114 valence electrons. The molecule has 0 aliphatic rings. The SMILES string of the molecule is Cc1cnc2c(C(=O)Nc3cc(C(C)(C)C)on3)cnn2c1. The molecule has 0 atom stereocenters. The molecule has 0 aromatic carbocycles. The van der Waals surface area contributed by atoms with Crippen LogP contribution in [-0.4, -0.2) is 25.7 Å². The summed E-state index contributed by atoms with van der Waals surface area (Å²) in [5.41, 5.74) is 1.69. The summed E-state index contributed by atoms with van der Waals surface area (Å²) in [5.74, 6) is 0.762. The number of hydrogen-bond donors (Lipinski definition) is 1. The Kier molecular flexibility index (Phi) is 3.20. The Morgan fingerprint density at radius 3 is 2.77 bits per heavy atom. The van der Waals surface area contributed by atoms with Crippen LogP contribution in [0.25, 0.3) is 5.65 Å². The zero-order valence-corrected chi connectivity index (χ0v) is 12.9. The number of nitrogens with zero attached hydrogens (tertiary/aromatic N) is 4. The van der Waals surface area contributed by atoms with Crippen molar-refractivity contribution in [1.29, 1.82) is 0 Å². The molecule has 1 N–H and O–H groups in total. The van der Waals surface area contributed by atoms with Gasteiger partial charge in [0.05, 0.1) is 6.20 Å². The first kappa shape index (κ1) is 14.2. The Balaban J connectivity index is 1.86. The van der Waals surface area contributed by atoms with E-state index in [1.165, 1.54) is 6.20 Å². The van der Waals surface area contributed by atoms with Gasteiger partial charge >= 0.3 is 0 Å². The smallest absolute Gasteiger partial charge is 0.262 e. The first-order valence-electron chi connectivity index (χ1n) is 6.93. The predicted molar refractivity (Wildman–Crippen MR) is 80.9 cm³/mol. The highest BCUT2D eigenvalue weighted by Gasteiger charge is 2.21. The molecular formula is C15H17N5O2. The van der Waals surface area contributed by atoms with Crippen LogP contribution in [0.4, 0.5) is 5.82 Å². The Morgan fingerprint density at radius 2 is 2.09 bits per heavy atom. The molecule has 3 heterocycles. The second-order valence-corrected chi connectivity index (χ2v) is 6.24. The first-order valence-corrected chi connectivity index (χ1v) is 6.93. The van der Waals surface area contributed by atoms with E-state index in [4.69, 9.17) is 4.52 Å². The lowest BCUT2D eigenvalue weighted by Crippen LogP contribution is -2.12. The van der Waals surface area contributed by atoms with E-state index in [0.29, 0.717) is 22.8 Å². The van der Waals surface area contributed by atoms with Crippen LogP contribution < -0.4 is 5.32 Å². The number of hydrogen-bond acceptors (Lipinski definition) is 5. The molecule has 7 nitrogen and oxygen atoms in total. The summed E-state index contributed by atoms with van der Waals surface area (Å²) in [6.07, 6.45) is 5.00. The number of fused-ring (bicyclic) bond motifs is 1. The monoisotopic (exact) mass is 299 g/mol. The minimum Gasteiger partial charge on any atom is -0.359 e. The average molecular weight is 299 g/mol. The average Bonchev–Trinajstić information content (AvgIpc) is 3.03. The molecule has 0 aliphatic heterocycles. The highest BCUT2D eigenvalue weighted by molar-refractivity contribution is 6.07. The van der Waals surface area contributed by atoms with E-state index in [-0.39, 0.29) is 11.3 Å². The van der Waals surface area contributed by atoms with E-state index in [0.717, 1.165) is 5.56 Å². The lowest BCUT2D eigenvalue weighted by atomic mass is 9.93. The number of carbonyl (C=O) groups excluding carboxylic acids is 1. The van der Waals surface area contributed by atoms with Crippen molar-refractivity contribution >= 4 is 17.4 Å². The van der Waals surface area contributed by atoms with Gasteiger partial charge in [0.2, 0.25) is 0 Å². The van der Waals surface area contributed by atoms with Crippen molar-refractivity contribution in [1.82, 2.24) is 19.8 Å². The minimum absolute atomic E-state index is 0.167. The number of anilines is 1. The van der Waals surface area contributed by atoms with Gasteiger partial charge in [0.25, 0.3) is 5.91 Å². The van der Waals surface area contributed by atoms with Crippen molar-refractivity contribution < 1.29 is 9.32 Å². The van der Waals surface area contributed by atoms with Gasteiger partial charge in [-0.25, -0.2) is 9.50 Å². The summed E-state index contributed by atoms with van der Waals surface area (Å²) in [5, 5.41) is 10.7. The number of amides is 1. The van der Waals surface area contributed by atoms with Crippen LogP contribution in [0.1, 0.15) is 42.5 Å². The normalized spacial score (nSPS) is 11.8. The fraction of sp³-hybridized carbons (Fsp3) is 0.333. The van der Waals surface area contributed by atoms with Crippen LogP contribution in [0.15, 0.2) is 29.2 Å². The predicted octanol–water partition coefficient (Wildman–Crippen LogP) is 2.58. The van der Waals surface area contributed by atoms with Gasteiger partial charge in [-0.2, -0.15) is 5.10 Å². The van der Waals surface area contributed by atoms with Gasteiger partial charge in [0, 0.05) is 23.9 Å². The molecule has 0 unspecified atom stereocenters. The van der Waals surface area contributed by atoms with Crippen molar-refractivity contribution in [2.75, 3.05) is 5.32 Å². The highest BCUT2D eigenvalue weighted by atomic mass is 16.5. The molecule has 0 aliphatic carbocycles.